The largest absolute Gasteiger partial charge is 0.443 e. The molecule has 0 saturated heterocycles. The summed E-state index contributed by atoms with van der Waals surface area (Å²) >= 11 is 10.9. The van der Waals surface area contributed by atoms with E-state index in [1.165, 1.54) is 0 Å². The molecule has 0 atom stereocenters. The van der Waals surface area contributed by atoms with Crippen LogP contribution in [0.2, 0.25) is 0 Å². The van der Waals surface area contributed by atoms with Crippen LogP contribution in [0.1, 0.15) is 5.56 Å². The molecule has 0 N–H and O–H groups in total. The van der Waals surface area contributed by atoms with Gasteiger partial charge in [0.15, 0.2) is 0 Å². The first-order valence-electron chi connectivity index (χ1n) is 3.47. The van der Waals surface area contributed by atoms with Crippen LogP contribution >= 0.6 is 23.2 Å². The van der Waals surface area contributed by atoms with E-state index in [0.717, 1.165) is 5.54 Å². The molecule has 0 fully saturated rings. The number of hydrogen-bond donors (Lipinski definition) is 0. The second-order valence-corrected chi connectivity index (χ2v) is 2.75. The lowest BCUT2D eigenvalue weighted by molar-refractivity contribution is 0.462. The smallest absolute Gasteiger partial charge is 0.205 e. The predicted octanol–water partition coefficient (Wildman–Crippen LogP) is 3.32. The second kappa shape index (κ2) is 4.81. The van der Waals surface area contributed by atoms with Crippen LogP contribution in [0.15, 0.2) is 35.0 Å². The minimum absolute atomic E-state index is 0.0874. The van der Waals surface area contributed by atoms with Crippen LogP contribution in [0, 0.1) is 12.3 Å². The molecule has 0 aliphatic heterocycles. The maximum absolute atomic E-state index is 5.57. The van der Waals surface area contributed by atoms with Crippen molar-refractivity contribution in [2.75, 3.05) is 0 Å². The van der Waals surface area contributed by atoms with Gasteiger partial charge in [-0.25, -0.2) is 0 Å². The minimum Gasteiger partial charge on any atom is -0.443 e. The van der Waals surface area contributed by atoms with Crippen molar-refractivity contribution in [2.24, 2.45) is 0 Å². The fraction of sp³-hybridized carbons (Fsp3) is 0. The Labute approximate surface area is 86.9 Å². The van der Waals surface area contributed by atoms with Gasteiger partial charge in [0, 0.05) is 0 Å². The summed E-state index contributed by atoms with van der Waals surface area (Å²) in [5.41, 5.74) is 1.77. The summed E-state index contributed by atoms with van der Waals surface area (Å²) in [6, 6.07) is 7.10. The molecule has 13 heavy (non-hydrogen) atoms. The SMILES string of the molecule is C#Cc1ccccc1O/C(Cl)=C\Cl. The summed E-state index contributed by atoms with van der Waals surface area (Å²) in [6.45, 7) is 0. The van der Waals surface area contributed by atoms with Gasteiger partial charge in [-0.15, -0.1) is 6.42 Å². The number of hydrogen-bond acceptors (Lipinski definition) is 1. The summed E-state index contributed by atoms with van der Waals surface area (Å²) in [5.74, 6) is 2.99. The molecule has 0 spiro atoms. The van der Waals surface area contributed by atoms with Gasteiger partial charge in [-0.1, -0.05) is 29.7 Å². The molecule has 0 heterocycles. The summed E-state index contributed by atoms with van der Waals surface area (Å²) < 4.78 is 5.14. The molecule has 0 amide bonds. The van der Waals surface area contributed by atoms with Crippen LogP contribution in [-0.2, 0) is 0 Å². The molecule has 1 nitrogen and oxygen atoms in total. The Hall–Kier alpha value is -1.10. The highest BCUT2D eigenvalue weighted by Gasteiger charge is 2.01. The zero-order chi connectivity index (χ0) is 9.68. The van der Waals surface area contributed by atoms with Crippen molar-refractivity contribution in [1.82, 2.24) is 0 Å². The first kappa shape index (κ1) is 9.98. The zero-order valence-corrected chi connectivity index (χ0v) is 8.14. The Morgan fingerprint density at radius 3 is 2.77 bits per heavy atom. The Kier molecular flexibility index (Phi) is 3.70. The Morgan fingerprint density at radius 1 is 1.46 bits per heavy atom. The zero-order valence-electron chi connectivity index (χ0n) is 6.63. The number of halogens is 2. The molecule has 1 rings (SSSR count). The molecule has 0 aliphatic carbocycles. The van der Waals surface area contributed by atoms with Gasteiger partial charge >= 0.3 is 0 Å². The topological polar surface area (TPSA) is 9.23 Å². The van der Waals surface area contributed by atoms with Crippen LogP contribution in [0.3, 0.4) is 0 Å². The fourth-order valence-corrected chi connectivity index (χ4v) is 0.930. The van der Waals surface area contributed by atoms with E-state index >= 15 is 0 Å². The lowest BCUT2D eigenvalue weighted by Gasteiger charge is -2.04. The van der Waals surface area contributed by atoms with E-state index < -0.39 is 0 Å². The number of para-hydroxylation sites is 1. The van der Waals surface area contributed by atoms with E-state index in [1.54, 1.807) is 18.2 Å². The molecule has 1 aromatic carbocycles. The maximum Gasteiger partial charge on any atom is 0.205 e. The lowest BCUT2D eigenvalue weighted by Crippen LogP contribution is -1.90. The molecule has 66 valence electrons. The highest BCUT2D eigenvalue weighted by Crippen LogP contribution is 2.20. The highest BCUT2D eigenvalue weighted by atomic mass is 35.5. The third-order valence-electron chi connectivity index (χ3n) is 1.34. The van der Waals surface area contributed by atoms with E-state index in [-0.39, 0.29) is 5.22 Å². The van der Waals surface area contributed by atoms with E-state index in [2.05, 4.69) is 5.92 Å². The molecule has 1 aromatic rings. The van der Waals surface area contributed by atoms with Gasteiger partial charge in [0.2, 0.25) is 5.22 Å². The van der Waals surface area contributed by atoms with Gasteiger partial charge < -0.3 is 4.74 Å². The molecule has 0 aliphatic rings. The van der Waals surface area contributed by atoms with Crippen LogP contribution in [0.25, 0.3) is 0 Å². The average molecular weight is 213 g/mol. The van der Waals surface area contributed by atoms with Crippen LogP contribution in [0.5, 0.6) is 5.75 Å². The number of ether oxygens (including phenoxy) is 1. The predicted molar refractivity (Wildman–Crippen MR) is 54.8 cm³/mol. The highest BCUT2D eigenvalue weighted by molar-refractivity contribution is 6.35. The monoisotopic (exact) mass is 212 g/mol. The molecule has 0 unspecified atom stereocenters. The van der Waals surface area contributed by atoms with Crippen molar-refractivity contribution >= 4 is 23.2 Å². The quantitative estimate of drug-likeness (QED) is 0.540. The third-order valence-corrected chi connectivity index (χ3v) is 1.83. The maximum atomic E-state index is 5.57. The van der Waals surface area contributed by atoms with Gasteiger partial charge in [0.25, 0.3) is 0 Å². The van der Waals surface area contributed by atoms with Gasteiger partial charge in [-0.2, -0.15) is 0 Å². The summed E-state index contributed by atoms with van der Waals surface area (Å²) in [4.78, 5) is 0. The average Bonchev–Trinajstić information content (AvgIpc) is 2.18. The van der Waals surface area contributed by atoms with E-state index in [4.69, 9.17) is 34.4 Å². The Balaban J connectivity index is 2.95. The minimum atomic E-state index is 0.0874. The van der Waals surface area contributed by atoms with Gasteiger partial charge in [0.05, 0.1) is 11.1 Å². The molecule has 0 bridgehead atoms. The van der Waals surface area contributed by atoms with Crippen molar-refractivity contribution < 1.29 is 4.74 Å². The molecular weight excluding hydrogens is 207 g/mol. The van der Waals surface area contributed by atoms with Crippen molar-refractivity contribution in [3.8, 4) is 18.1 Å². The second-order valence-electron chi connectivity index (χ2n) is 2.16. The van der Waals surface area contributed by atoms with E-state index in [9.17, 15) is 0 Å². The van der Waals surface area contributed by atoms with Crippen molar-refractivity contribution in [3.05, 3.63) is 40.6 Å². The normalized spacial score (nSPS) is 10.7. The lowest BCUT2D eigenvalue weighted by atomic mass is 10.2. The molecule has 3 heteroatoms. The van der Waals surface area contributed by atoms with Gasteiger partial charge in [-0.3, -0.25) is 0 Å². The Bertz CT molecular complexity index is 363. The molecule has 0 saturated carbocycles. The first-order chi connectivity index (χ1) is 6.27. The van der Waals surface area contributed by atoms with Gasteiger partial charge in [0.1, 0.15) is 5.75 Å². The molecule has 0 radical (unpaired) electrons. The Morgan fingerprint density at radius 2 is 2.15 bits per heavy atom. The van der Waals surface area contributed by atoms with E-state index in [1.807, 2.05) is 6.07 Å². The van der Waals surface area contributed by atoms with Crippen LogP contribution < -0.4 is 4.74 Å². The summed E-state index contributed by atoms with van der Waals surface area (Å²) in [5, 5.41) is 0.0874. The van der Waals surface area contributed by atoms with Crippen molar-refractivity contribution in [3.63, 3.8) is 0 Å². The van der Waals surface area contributed by atoms with Gasteiger partial charge in [-0.05, 0) is 23.7 Å². The van der Waals surface area contributed by atoms with Crippen LogP contribution in [0.4, 0.5) is 0 Å². The third kappa shape index (κ3) is 2.69. The summed E-state index contributed by atoms with van der Waals surface area (Å²) in [6.07, 6.45) is 5.24. The first-order valence-corrected chi connectivity index (χ1v) is 4.28. The van der Waals surface area contributed by atoms with Crippen LogP contribution in [-0.4, -0.2) is 0 Å². The molecule has 0 aromatic heterocycles. The van der Waals surface area contributed by atoms with Crippen molar-refractivity contribution in [1.29, 1.82) is 0 Å². The van der Waals surface area contributed by atoms with E-state index in [0.29, 0.717) is 11.3 Å². The number of rotatable bonds is 2. The standard InChI is InChI=1S/C10H6Cl2O/c1-2-8-5-3-4-6-9(8)13-10(12)7-11/h1,3-7H/b10-7-. The fourth-order valence-electron chi connectivity index (χ4n) is 0.802. The van der Waals surface area contributed by atoms with Crippen molar-refractivity contribution in [2.45, 2.75) is 0 Å². The molecular formula is C10H6Cl2O. The summed E-state index contributed by atoms with van der Waals surface area (Å²) in [7, 11) is 0. The number of benzene rings is 1. The number of terminal acetylenes is 1.